The summed E-state index contributed by atoms with van der Waals surface area (Å²) >= 11 is 0. The lowest BCUT2D eigenvalue weighted by molar-refractivity contribution is -0.887. The fourth-order valence-corrected chi connectivity index (χ4v) is 6.98. The standard InChI is InChI=1S/C45H87NO7/c1-6-8-10-12-14-16-18-20-21-22-23-24-26-28-30-32-34-36-44(48)53-41(39-51-38-37-42(45(49)50)46(3,4)5)40-52-43(47)35-33-31-29-27-25-19-17-15-13-11-9-7-2/h41-42H,6-40H2,1-5H3/p+1. The normalized spacial score (nSPS) is 12.8. The number of carbonyl (C=O) groups excluding carboxylic acids is 2. The fraction of sp³-hybridized carbons (Fsp3) is 0.933. The number of carboxylic acids is 1. The van der Waals surface area contributed by atoms with E-state index in [1.54, 1.807) is 0 Å². The number of esters is 2. The van der Waals surface area contributed by atoms with Gasteiger partial charge in [-0.05, 0) is 12.8 Å². The number of carbonyl (C=O) groups is 3. The number of aliphatic carboxylic acids is 1. The van der Waals surface area contributed by atoms with Gasteiger partial charge in [-0.25, -0.2) is 4.79 Å². The Bertz CT molecular complexity index is 843. The summed E-state index contributed by atoms with van der Waals surface area (Å²) in [7, 11) is 5.54. The van der Waals surface area contributed by atoms with E-state index in [0.29, 0.717) is 19.3 Å². The lowest BCUT2D eigenvalue weighted by atomic mass is 10.0. The number of hydrogen-bond donors (Lipinski definition) is 1. The second-order valence-corrected chi connectivity index (χ2v) is 16.7. The van der Waals surface area contributed by atoms with E-state index in [0.717, 1.165) is 38.5 Å². The first kappa shape index (κ1) is 51.3. The van der Waals surface area contributed by atoms with Crippen LogP contribution in [0.25, 0.3) is 0 Å². The van der Waals surface area contributed by atoms with Crippen LogP contribution in [0.5, 0.6) is 0 Å². The quantitative estimate of drug-likeness (QED) is 0.0377. The van der Waals surface area contributed by atoms with Crippen LogP contribution in [0, 0.1) is 0 Å². The molecule has 314 valence electrons. The molecule has 8 nitrogen and oxygen atoms in total. The predicted molar refractivity (Wildman–Crippen MR) is 220 cm³/mol. The van der Waals surface area contributed by atoms with Gasteiger partial charge in [0.2, 0.25) is 0 Å². The highest BCUT2D eigenvalue weighted by Gasteiger charge is 2.31. The maximum atomic E-state index is 12.7. The van der Waals surface area contributed by atoms with Crippen LogP contribution in [0.1, 0.15) is 219 Å². The lowest BCUT2D eigenvalue weighted by Gasteiger charge is -2.31. The third-order valence-corrected chi connectivity index (χ3v) is 10.5. The second kappa shape index (κ2) is 37.3. The van der Waals surface area contributed by atoms with E-state index in [4.69, 9.17) is 14.2 Å². The Hall–Kier alpha value is -1.67. The van der Waals surface area contributed by atoms with E-state index in [1.165, 1.54) is 148 Å². The molecular formula is C45H88NO7+. The van der Waals surface area contributed by atoms with E-state index < -0.39 is 18.1 Å². The first-order valence-corrected chi connectivity index (χ1v) is 22.6. The van der Waals surface area contributed by atoms with Crippen molar-refractivity contribution in [2.24, 2.45) is 0 Å². The van der Waals surface area contributed by atoms with Crippen molar-refractivity contribution in [3.05, 3.63) is 0 Å². The largest absolute Gasteiger partial charge is 0.477 e. The summed E-state index contributed by atoms with van der Waals surface area (Å²) in [5.74, 6) is -1.45. The smallest absolute Gasteiger partial charge is 0.362 e. The van der Waals surface area contributed by atoms with Gasteiger partial charge < -0.3 is 23.8 Å². The molecule has 0 saturated heterocycles. The third-order valence-electron chi connectivity index (χ3n) is 10.5. The van der Waals surface area contributed by atoms with Gasteiger partial charge >= 0.3 is 17.9 Å². The molecule has 0 fully saturated rings. The van der Waals surface area contributed by atoms with Gasteiger partial charge in [-0.15, -0.1) is 0 Å². The molecule has 53 heavy (non-hydrogen) atoms. The molecule has 2 atom stereocenters. The van der Waals surface area contributed by atoms with Crippen molar-refractivity contribution in [2.75, 3.05) is 41.0 Å². The summed E-state index contributed by atoms with van der Waals surface area (Å²) in [4.78, 5) is 36.9. The molecule has 1 N–H and O–H groups in total. The molecule has 2 unspecified atom stereocenters. The Balaban J connectivity index is 4.27. The molecule has 0 aliphatic rings. The number of ether oxygens (including phenoxy) is 3. The summed E-state index contributed by atoms with van der Waals surface area (Å²) in [6.07, 6.45) is 37.1. The van der Waals surface area contributed by atoms with Crippen LogP contribution in [0.15, 0.2) is 0 Å². The monoisotopic (exact) mass is 755 g/mol. The average molecular weight is 755 g/mol. The molecular weight excluding hydrogens is 666 g/mol. The maximum absolute atomic E-state index is 12.7. The van der Waals surface area contributed by atoms with Crippen LogP contribution < -0.4 is 0 Å². The summed E-state index contributed by atoms with van der Waals surface area (Å²) < 4.78 is 17.3. The van der Waals surface area contributed by atoms with E-state index in [9.17, 15) is 19.5 Å². The summed E-state index contributed by atoms with van der Waals surface area (Å²) in [6, 6.07) is -0.607. The molecule has 0 aromatic heterocycles. The van der Waals surface area contributed by atoms with Gasteiger partial charge in [-0.2, -0.15) is 0 Å². The highest BCUT2D eigenvalue weighted by Crippen LogP contribution is 2.16. The Kier molecular flexibility index (Phi) is 36.1. The number of rotatable bonds is 41. The molecule has 0 aliphatic heterocycles. The van der Waals surface area contributed by atoms with Crippen LogP contribution in [0.4, 0.5) is 0 Å². The van der Waals surface area contributed by atoms with Crippen molar-refractivity contribution in [3.63, 3.8) is 0 Å². The minimum absolute atomic E-state index is 0.0421. The topological polar surface area (TPSA) is 99.1 Å². The maximum Gasteiger partial charge on any atom is 0.362 e. The zero-order valence-electron chi connectivity index (χ0n) is 35.7. The van der Waals surface area contributed by atoms with Crippen molar-refractivity contribution >= 4 is 17.9 Å². The van der Waals surface area contributed by atoms with Gasteiger partial charge in [0.15, 0.2) is 12.1 Å². The summed E-state index contributed by atoms with van der Waals surface area (Å²) in [5.41, 5.74) is 0. The average Bonchev–Trinajstić information content (AvgIpc) is 3.11. The van der Waals surface area contributed by atoms with Crippen LogP contribution in [0.3, 0.4) is 0 Å². The Morgan fingerprint density at radius 2 is 0.830 bits per heavy atom. The third kappa shape index (κ3) is 35.8. The van der Waals surface area contributed by atoms with Gasteiger partial charge in [0.05, 0.1) is 34.4 Å². The van der Waals surface area contributed by atoms with Gasteiger partial charge in [-0.1, -0.05) is 187 Å². The molecule has 0 aliphatic carbocycles. The zero-order chi connectivity index (χ0) is 39.3. The van der Waals surface area contributed by atoms with E-state index >= 15 is 0 Å². The van der Waals surface area contributed by atoms with Gasteiger partial charge in [0.25, 0.3) is 0 Å². The molecule has 0 spiro atoms. The van der Waals surface area contributed by atoms with Crippen molar-refractivity contribution in [1.82, 2.24) is 0 Å². The predicted octanol–water partition coefficient (Wildman–Crippen LogP) is 12.1. The Morgan fingerprint density at radius 1 is 0.491 bits per heavy atom. The Labute approximate surface area is 327 Å². The lowest BCUT2D eigenvalue weighted by Crippen LogP contribution is -2.50. The second-order valence-electron chi connectivity index (χ2n) is 16.7. The fourth-order valence-electron chi connectivity index (χ4n) is 6.98. The van der Waals surface area contributed by atoms with E-state index in [-0.39, 0.29) is 36.2 Å². The van der Waals surface area contributed by atoms with Crippen molar-refractivity contribution < 1.29 is 38.2 Å². The van der Waals surface area contributed by atoms with Crippen molar-refractivity contribution in [3.8, 4) is 0 Å². The van der Waals surface area contributed by atoms with E-state index in [1.807, 2.05) is 21.1 Å². The summed E-state index contributed by atoms with van der Waals surface area (Å²) in [6.45, 7) is 4.77. The molecule has 0 amide bonds. The zero-order valence-corrected chi connectivity index (χ0v) is 35.7. The van der Waals surface area contributed by atoms with Crippen LogP contribution >= 0.6 is 0 Å². The molecule has 0 saturated carbocycles. The van der Waals surface area contributed by atoms with Crippen LogP contribution in [-0.4, -0.2) is 80.6 Å². The number of quaternary nitrogens is 1. The SMILES string of the molecule is CCCCCCCCCCCCCCCCCCCC(=O)OC(COCCC(C(=O)O)[N+](C)(C)C)COC(=O)CCCCCCCCCCCCCC. The molecule has 0 heterocycles. The number of carboxylic acid groups (broad SMARTS) is 1. The molecule has 0 radical (unpaired) electrons. The molecule has 8 heteroatoms. The highest BCUT2D eigenvalue weighted by molar-refractivity contribution is 5.72. The van der Waals surface area contributed by atoms with Crippen LogP contribution in [0.2, 0.25) is 0 Å². The van der Waals surface area contributed by atoms with Crippen molar-refractivity contribution in [2.45, 2.75) is 231 Å². The molecule has 0 aromatic rings. The number of hydrogen-bond acceptors (Lipinski definition) is 6. The van der Waals surface area contributed by atoms with Gasteiger partial charge in [0, 0.05) is 19.3 Å². The summed E-state index contributed by atoms with van der Waals surface area (Å²) in [5, 5.41) is 9.61. The number of likely N-dealkylation sites (N-methyl/N-ethyl adjacent to an activating group) is 1. The molecule has 0 rings (SSSR count). The minimum atomic E-state index is -0.870. The minimum Gasteiger partial charge on any atom is -0.477 e. The molecule has 0 aromatic carbocycles. The van der Waals surface area contributed by atoms with Crippen molar-refractivity contribution in [1.29, 1.82) is 0 Å². The Morgan fingerprint density at radius 3 is 1.17 bits per heavy atom. The first-order chi connectivity index (χ1) is 25.6. The number of nitrogens with zero attached hydrogens (tertiary/aromatic N) is 1. The van der Waals surface area contributed by atoms with E-state index in [2.05, 4.69) is 13.8 Å². The van der Waals surface area contributed by atoms with Gasteiger partial charge in [0.1, 0.15) is 6.61 Å². The first-order valence-electron chi connectivity index (χ1n) is 22.6. The highest BCUT2D eigenvalue weighted by atomic mass is 16.6. The van der Waals surface area contributed by atoms with Crippen LogP contribution in [-0.2, 0) is 28.6 Å². The number of unbranched alkanes of at least 4 members (excludes halogenated alkanes) is 27. The van der Waals surface area contributed by atoms with Gasteiger partial charge in [-0.3, -0.25) is 9.59 Å². The molecule has 0 bridgehead atoms.